The van der Waals surface area contributed by atoms with Gasteiger partial charge in [-0.05, 0) is 47.5 Å². The van der Waals surface area contributed by atoms with Gasteiger partial charge in [-0.2, -0.15) is 10.1 Å². The maximum absolute atomic E-state index is 12.8. The predicted octanol–water partition coefficient (Wildman–Crippen LogP) is 5.53. The number of ether oxygens (including phenoxy) is 1. The number of hydrazone groups is 1. The molecular formula is C27H23ClN4O3S. The minimum atomic E-state index is -0.611. The first-order chi connectivity index (χ1) is 17.5. The number of nitrogens with one attached hydrogen (secondary N) is 1. The van der Waals surface area contributed by atoms with Crippen LogP contribution in [0.2, 0.25) is 5.02 Å². The van der Waals surface area contributed by atoms with Crippen LogP contribution >= 0.6 is 23.4 Å². The molecule has 0 aromatic heterocycles. The van der Waals surface area contributed by atoms with Crippen LogP contribution in [0, 0.1) is 0 Å². The third-order valence-electron chi connectivity index (χ3n) is 5.94. The summed E-state index contributed by atoms with van der Waals surface area (Å²) in [4.78, 5) is 29.7. The molecule has 2 unspecified atom stereocenters. The smallest absolute Gasteiger partial charge is 0.262 e. The molecule has 0 radical (unpaired) electrons. The number of halogens is 1. The Kier molecular flexibility index (Phi) is 7.06. The van der Waals surface area contributed by atoms with Crippen molar-refractivity contribution in [1.82, 2.24) is 5.01 Å². The number of anilines is 1. The topological polar surface area (TPSA) is 83.4 Å². The van der Waals surface area contributed by atoms with Crippen molar-refractivity contribution in [2.45, 2.75) is 24.1 Å². The number of methoxy groups -OCH3 is 1. The molecule has 3 aromatic rings. The number of carbonyl (C=O) groups excluding carboxylic acids is 2. The lowest BCUT2D eigenvalue weighted by molar-refractivity contribution is -0.121. The second kappa shape index (κ2) is 10.6. The van der Waals surface area contributed by atoms with E-state index in [2.05, 4.69) is 10.3 Å². The summed E-state index contributed by atoms with van der Waals surface area (Å²) in [5, 5.41) is 10.0. The molecular weight excluding hydrogens is 496 g/mol. The Labute approximate surface area is 218 Å². The lowest BCUT2D eigenvalue weighted by Crippen LogP contribution is -2.25. The van der Waals surface area contributed by atoms with Gasteiger partial charge in [-0.15, -0.1) is 0 Å². The van der Waals surface area contributed by atoms with Crippen molar-refractivity contribution in [3.63, 3.8) is 0 Å². The van der Waals surface area contributed by atoms with E-state index < -0.39 is 5.25 Å². The van der Waals surface area contributed by atoms with E-state index in [4.69, 9.17) is 21.4 Å². The molecule has 2 heterocycles. The average Bonchev–Trinajstić information content (AvgIpc) is 3.49. The van der Waals surface area contributed by atoms with Crippen LogP contribution in [0.15, 0.2) is 89.0 Å². The van der Waals surface area contributed by atoms with Gasteiger partial charge in [0, 0.05) is 23.6 Å². The van der Waals surface area contributed by atoms with Crippen LogP contribution in [-0.4, -0.2) is 40.1 Å². The van der Waals surface area contributed by atoms with Crippen molar-refractivity contribution in [2.75, 3.05) is 12.4 Å². The highest BCUT2D eigenvalue weighted by atomic mass is 35.5. The van der Waals surface area contributed by atoms with Gasteiger partial charge >= 0.3 is 0 Å². The molecule has 0 bridgehead atoms. The van der Waals surface area contributed by atoms with E-state index in [-0.39, 0.29) is 24.3 Å². The molecule has 3 aromatic carbocycles. The van der Waals surface area contributed by atoms with Gasteiger partial charge in [-0.25, -0.2) is 5.01 Å². The van der Waals surface area contributed by atoms with E-state index in [1.54, 1.807) is 36.4 Å². The minimum Gasteiger partial charge on any atom is -0.497 e. The van der Waals surface area contributed by atoms with Gasteiger partial charge in [0.15, 0.2) is 5.17 Å². The van der Waals surface area contributed by atoms with Gasteiger partial charge in [0.25, 0.3) is 5.91 Å². The van der Waals surface area contributed by atoms with E-state index in [0.29, 0.717) is 28.0 Å². The largest absolute Gasteiger partial charge is 0.497 e. The van der Waals surface area contributed by atoms with E-state index in [9.17, 15) is 9.59 Å². The molecule has 2 atom stereocenters. The molecule has 2 amide bonds. The summed E-state index contributed by atoms with van der Waals surface area (Å²) in [6, 6.07) is 24.5. The number of hydrogen-bond acceptors (Lipinski definition) is 6. The van der Waals surface area contributed by atoms with Crippen molar-refractivity contribution < 1.29 is 14.3 Å². The van der Waals surface area contributed by atoms with E-state index in [1.807, 2.05) is 54.6 Å². The maximum atomic E-state index is 12.8. The van der Waals surface area contributed by atoms with Crippen molar-refractivity contribution in [2.24, 2.45) is 10.1 Å². The Morgan fingerprint density at radius 2 is 1.81 bits per heavy atom. The van der Waals surface area contributed by atoms with Crippen molar-refractivity contribution in [3.8, 4) is 5.75 Å². The molecule has 5 rings (SSSR count). The number of thioether (sulfide) groups is 1. The van der Waals surface area contributed by atoms with E-state index >= 15 is 0 Å². The van der Waals surface area contributed by atoms with Gasteiger partial charge in [-0.3, -0.25) is 9.59 Å². The van der Waals surface area contributed by atoms with Crippen molar-refractivity contribution in [3.05, 3.63) is 95.0 Å². The first-order valence-corrected chi connectivity index (χ1v) is 12.7. The second-order valence-corrected chi connectivity index (χ2v) is 9.95. The molecule has 0 aliphatic carbocycles. The zero-order valence-electron chi connectivity index (χ0n) is 19.4. The van der Waals surface area contributed by atoms with Crippen molar-refractivity contribution in [1.29, 1.82) is 0 Å². The predicted molar refractivity (Wildman–Crippen MR) is 144 cm³/mol. The van der Waals surface area contributed by atoms with Crippen LogP contribution in [0.25, 0.3) is 0 Å². The first-order valence-electron chi connectivity index (χ1n) is 11.4. The van der Waals surface area contributed by atoms with E-state index in [1.165, 1.54) is 11.8 Å². The standard InChI is InChI=1S/C27H23ClN4O3S/c1-35-21-13-11-20(12-14-21)29-25(33)16-24-26(34)30-27(36-24)32-23(18-7-9-19(28)10-8-18)15-22(31-32)17-5-3-2-4-6-17/h2-14,23-24H,15-16H2,1H3,(H,29,33). The van der Waals surface area contributed by atoms with Gasteiger partial charge < -0.3 is 10.1 Å². The van der Waals surface area contributed by atoms with Gasteiger partial charge in [0.1, 0.15) is 11.0 Å². The second-order valence-electron chi connectivity index (χ2n) is 8.35. The SMILES string of the molecule is COc1ccc(NC(=O)CC2SC(N3N=C(c4ccccc4)CC3c3ccc(Cl)cc3)=NC2=O)cc1. The minimum absolute atomic E-state index is 0.0111. The Bertz CT molecular complexity index is 1330. The summed E-state index contributed by atoms with van der Waals surface area (Å²) in [6.07, 6.45) is 0.666. The highest BCUT2D eigenvalue weighted by molar-refractivity contribution is 8.15. The van der Waals surface area contributed by atoms with Crippen LogP contribution < -0.4 is 10.1 Å². The number of hydrogen-bond donors (Lipinski definition) is 1. The molecule has 0 saturated heterocycles. The number of amidine groups is 1. The fourth-order valence-corrected chi connectivity index (χ4v) is 5.28. The van der Waals surface area contributed by atoms with Crippen LogP contribution in [-0.2, 0) is 9.59 Å². The first kappa shape index (κ1) is 24.1. The Morgan fingerprint density at radius 1 is 1.08 bits per heavy atom. The molecule has 9 heteroatoms. The number of rotatable bonds is 6. The normalized spacial score (nSPS) is 19.2. The number of benzene rings is 3. The summed E-state index contributed by atoms with van der Waals surface area (Å²) >= 11 is 7.38. The lowest BCUT2D eigenvalue weighted by Gasteiger charge is -2.23. The average molecular weight is 519 g/mol. The third-order valence-corrected chi connectivity index (χ3v) is 7.34. The van der Waals surface area contributed by atoms with Gasteiger partial charge in [0.2, 0.25) is 5.91 Å². The summed E-state index contributed by atoms with van der Waals surface area (Å²) in [5.41, 5.74) is 3.58. The molecule has 2 aliphatic rings. The van der Waals surface area contributed by atoms with Gasteiger partial charge in [-0.1, -0.05) is 65.8 Å². The van der Waals surface area contributed by atoms with Crippen LogP contribution in [0.5, 0.6) is 5.75 Å². The van der Waals surface area contributed by atoms with Crippen LogP contribution in [0.1, 0.15) is 30.0 Å². The Morgan fingerprint density at radius 3 is 2.50 bits per heavy atom. The molecule has 7 nitrogen and oxygen atoms in total. The molecule has 182 valence electrons. The number of nitrogens with zero attached hydrogens (tertiary/aromatic N) is 3. The van der Waals surface area contributed by atoms with Crippen molar-refractivity contribution >= 4 is 51.7 Å². The lowest BCUT2D eigenvalue weighted by atomic mass is 9.99. The highest BCUT2D eigenvalue weighted by Crippen LogP contribution is 2.38. The summed E-state index contributed by atoms with van der Waals surface area (Å²) < 4.78 is 5.14. The summed E-state index contributed by atoms with van der Waals surface area (Å²) in [7, 11) is 1.58. The molecule has 0 fully saturated rings. The Hall–Kier alpha value is -3.62. The summed E-state index contributed by atoms with van der Waals surface area (Å²) in [5.74, 6) is 0.105. The molecule has 36 heavy (non-hydrogen) atoms. The number of aliphatic imine (C=N–C) groups is 1. The monoisotopic (exact) mass is 518 g/mol. The number of amides is 2. The molecule has 0 saturated carbocycles. The third kappa shape index (κ3) is 5.29. The van der Waals surface area contributed by atoms with Crippen LogP contribution in [0.4, 0.5) is 5.69 Å². The van der Waals surface area contributed by atoms with Crippen LogP contribution in [0.3, 0.4) is 0 Å². The quantitative estimate of drug-likeness (QED) is 0.464. The highest BCUT2D eigenvalue weighted by Gasteiger charge is 2.39. The zero-order valence-corrected chi connectivity index (χ0v) is 21.0. The Balaban J connectivity index is 1.32. The van der Waals surface area contributed by atoms with Gasteiger partial charge in [0.05, 0.1) is 18.9 Å². The van der Waals surface area contributed by atoms with E-state index in [0.717, 1.165) is 16.8 Å². The summed E-state index contributed by atoms with van der Waals surface area (Å²) in [6.45, 7) is 0. The molecule has 0 spiro atoms. The fraction of sp³-hybridized carbons (Fsp3) is 0.185. The fourth-order valence-electron chi connectivity index (χ4n) is 4.10. The number of carbonyl (C=O) groups is 2. The zero-order chi connectivity index (χ0) is 25.1. The molecule has 1 N–H and O–H groups in total. The molecule has 2 aliphatic heterocycles. The maximum Gasteiger partial charge on any atom is 0.262 e.